The molecule has 0 N–H and O–H groups in total. The maximum absolute atomic E-state index is 12.3. The van der Waals surface area contributed by atoms with Crippen LogP contribution in [0.15, 0.2) is 30.3 Å². The van der Waals surface area contributed by atoms with Crippen LogP contribution in [0.1, 0.15) is 37.7 Å². The maximum Gasteiger partial charge on any atom is 0.222 e. The molecule has 1 amide bonds. The van der Waals surface area contributed by atoms with Gasteiger partial charge in [-0.15, -0.1) is 0 Å². The Morgan fingerprint density at radius 1 is 1.00 bits per heavy atom. The Morgan fingerprint density at radius 2 is 1.67 bits per heavy atom. The zero-order valence-electron chi connectivity index (χ0n) is 12.8. The third kappa shape index (κ3) is 4.07. The Morgan fingerprint density at radius 3 is 2.33 bits per heavy atom. The maximum atomic E-state index is 12.3. The number of nitrogens with zero attached hydrogens (tertiary/aromatic N) is 2. The Balaban J connectivity index is 1.43. The van der Waals surface area contributed by atoms with Crippen LogP contribution in [0, 0.1) is 5.92 Å². The van der Waals surface area contributed by atoms with Crippen LogP contribution in [0.2, 0.25) is 0 Å². The molecule has 1 aliphatic carbocycles. The van der Waals surface area contributed by atoms with Crippen LogP contribution in [0.5, 0.6) is 0 Å². The van der Waals surface area contributed by atoms with Gasteiger partial charge in [-0.2, -0.15) is 0 Å². The van der Waals surface area contributed by atoms with Gasteiger partial charge < -0.3 is 4.90 Å². The minimum atomic E-state index is 0.390. The van der Waals surface area contributed by atoms with Crippen molar-refractivity contribution in [1.82, 2.24) is 9.80 Å². The number of carbonyl (C=O) groups is 1. The molecule has 0 aromatic heterocycles. The summed E-state index contributed by atoms with van der Waals surface area (Å²) in [6.45, 7) is 4.82. The van der Waals surface area contributed by atoms with Crippen molar-refractivity contribution >= 4 is 5.91 Å². The van der Waals surface area contributed by atoms with E-state index in [1.54, 1.807) is 0 Å². The molecule has 0 radical (unpaired) electrons. The molecule has 2 fully saturated rings. The molecule has 1 aromatic rings. The first-order chi connectivity index (χ1) is 10.3. The lowest BCUT2D eigenvalue weighted by Gasteiger charge is -2.35. The molecule has 114 valence electrons. The molecule has 0 bridgehead atoms. The van der Waals surface area contributed by atoms with E-state index in [1.807, 2.05) is 0 Å². The number of rotatable bonds is 4. The van der Waals surface area contributed by atoms with E-state index < -0.39 is 0 Å². The quantitative estimate of drug-likeness (QED) is 0.849. The second-order valence-corrected chi connectivity index (χ2v) is 6.50. The smallest absolute Gasteiger partial charge is 0.222 e. The van der Waals surface area contributed by atoms with Gasteiger partial charge in [-0.3, -0.25) is 9.69 Å². The Hall–Kier alpha value is -1.35. The van der Waals surface area contributed by atoms with Gasteiger partial charge in [0.05, 0.1) is 0 Å². The molecule has 1 saturated carbocycles. The van der Waals surface area contributed by atoms with Crippen LogP contribution in [0.25, 0.3) is 0 Å². The first-order valence-corrected chi connectivity index (χ1v) is 8.35. The van der Waals surface area contributed by atoms with Gasteiger partial charge in [0.25, 0.3) is 0 Å². The van der Waals surface area contributed by atoms with E-state index in [0.717, 1.165) is 39.1 Å². The van der Waals surface area contributed by atoms with Crippen LogP contribution in [0.3, 0.4) is 0 Å². The molecule has 1 aliphatic heterocycles. The molecule has 1 heterocycles. The zero-order valence-corrected chi connectivity index (χ0v) is 12.8. The van der Waals surface area contributed by atoms with E-state index in [2.05, 4.69) is 40.1 Å². The topological polar surface area (TPSA) is 23.6 Å². The van der Waals surface area contributed by atoms with Gasteiger partial charge in [-0.05, 0) is 24.3 Å². The number of carbonyl (C=O) groups excluding carboxylic acids is 1. The molecule has 0 spiro atoms. The summed E-state index contributed by atoms with van der Waals surface area (Å²) in [6, 6.07) is 10.6. The number of piperazine rings is 1. The van der Waals surface area contributed by atoms with Gasteiger partial charge >= 0.3 is 0 Å². The fraction of sp³-hybridized carbons (Fsp3) is 0.611. The Kier molecular flexibility index (Phi) is 4.91. The third-order valence-corrected chi connectivity index (χ3v) is 4.91. The lowest BCUT2D eigenvalue weighted by molar-refractivity contribution is -0.134. The third-order valence-electron chi connectivity index (χ3n) is 4.91. The first kappa shape index (κ1) is 14.6. The lowest BCUT2D eigenvalue weighted by Crippen LogP contribution is -2.48. The van der Waals surface area contributed by atoms with Crippen molar-refractivity contribution in [3.05, 3.63) is 35.9 Å². The average molecular weight is 286 g/mol. The molecule has 21 heavy (non-hydrogen) atoms. The zero-order chi connectivity index (χ0) is 14.5. The highest BCUT2D eigenvalue weighted by Gasteiger charge is 2.24. The normalized spacial score (nSPS) is 20.9. The summed E-state index contributed by atoms with van der Waals surface area (Å²) in [7, 11) is 0. The van der Waals surface area contributed by atoms with Crippen LogP contribution < -0.4 is 0 Å². The summed E-state index contributed by atoms with van der Waals surface area (Å²) < 4.78 is 0. The highest BCUT2D eigenvalue weighted by molar-refractivity contribution is 5.76. The van der Waals surface area contributed by atoms with E-state index in [4.69, 9.17) is 0 Å². The van der Waals surface area contributed by atoms with Gasteiger partial charge in [-0.1, -0.05) is 43.2 Å². The van der Waals surface area contributed by atoms with Crippen molar-refractivity contribution in [1.29, 1.82) is 0 Å². The van der Waals surface area contributed by atoms with E-state index in [9.17, 15) is 4.79 Å². The number of hydrogen-bond donors (Lipinski definition) is 0. The lowest BCUT2D eigenvalue weighted by atomic mass is 10.0. The van der Waals surface area contributed by atoms with Gasteiger partial charge in [0.15, 0.2) is 0 Å². The molecule has 2 aliphatic rings. The van der Waals surface area contributed by atoms with Crippen molar-refractivity contribution in [3.8, 4) is 0 Å². The van der Waals surface area contributed by atoms with Gasteiger partial charge in [0.1, 0.15) is 0 Å². The van der Waals surface area contributed by atoms with Gasteiger partial charge in [0, 0.05) is 39.1 Å². The van der Waals surface area contributed by atoms with Crippen molar-refractivity contribution in [2.45, 2.75) is 38.6 Å². The summed E-state index contributed by atoms with van der Waals surface area (Å²) in [6.07, 6.45) is 5.96. The summed E-state index contributed by atoms with van der Waals surface area (Å²) in [5.74, 6) is 1.06. The monoisotopic (exact) mass is 286 g/mol. The van der Waals surface area contributed by atoms with Crippen LogP contribution in [-0.4, -0.2) is 41.9 Å². The summed E-state index contributed by atoms with van der Waals surface area (Å²) in [4.78, 5) is 16.9. The predicted octanol–water partition coefficient (Wildman–Crippen LogP) is 2.91. The largest absolute Gasteiger partial charge is 0.340 e. The molecule has 3 rings (SSSR count). The van der Waals surface area contributed by atoms with E-state index >= 15 is 0 Å². The van der Waals surface area contributed by atoms with E-state index in [-0.39, 0.29) is 0 Å². The second kappa shape index (κ2) is 7.08. The number of amides is 1. The molecule has 1 aromatic carbocycles. The molecule has 1 saturated heterocycles. The Labute approximate surface area is 127 Å². The molecule has 0 unspecified atom stereocenters. The van der Waals surface area contributed by atoms with Crippen molar-refractivity contribution < 1.29 is 4.79 Å². The summed E-state index contributed by atoms with van der Waals surface area (Å²) in [5.41, 5.74) is 1.36. The van der Waals surface area contributed by atoms with E-state index in [1.165, 1.54) is 31.2 Å². The number of hydrogen-bond acceptors (Lipinski definition) is 2. The summed E-state index contributed by atoms with van der Waals surface area (Å²) >= 11 is 0. The molecular formula is C18H26N2O. The van der Waals surface area contributed by atoms with Crippen molar-refractivity contribution in [2.24, 2.45) is 5.92 Å². The standard InChI is InChI=1S/C18H26N2O/c21-18(14-16-6-4-5-7-16)20-12-10-19(11-13-20)15-17-8-2-1-3-9-17/h1-3,8-9,16H,4-7,10-15H2. The minimum absolute atomic E-state index is 0.390. The molecule has 3 heteroatoms. The van der Waals surface area contributed by atoms with Crippen LogP contribution in [-0.2, 0) is 11.3 Å². The average Bonchev–Trinajstić information content (AvgIpc) is 3.02. The van der Waals surface area contributed by atoms with Crippen molar-refractivity contribution in [3.63, 3.8) is 0 Å². The fourth-order valence-electron chi connectivity index (χ4n) is 3.59. The second-order valence-electron chi connectivity index (χ2n) is 6.50. The molecular weight excluding hydrogens is 260 g/mol. The van der Waals surface area contributed by atoms with Gasteiger partial charge in [-0.25, -0.2) is 0 Å². The Bertz CT molecular complexity index is 446. The van der Waals surface area contributed by atoms with Crippen LogP contribution >= 0.6 is 0 Å². The van der Waals surface area contributed by atoms with Gasteiger partial charge in [0.2, 0.25) is 5.91 Å². The summed E-state index contributed by atoms with van der Waals surface area (Å²) in [5, 5.41) is 0. The SMILES string of the molecule is O=C(CC1CCCC1)N1CCN(Cc2ccccc2)CC1. The van der Waals surface area contributed by atoms with Crippen molar-refractivity contribution in [2.75, 3.05) is 26.2 Å². The minimum Gasteiger partial charge on any atom is -0.340 e. The number of benzene rings is 1. The first-order valence-electron chi connectivity index (χ1n) is 8.35. The molecule has 0 atom stereocenters. The molecule has 3 nitrogen and oxygen atoms in total. The predicted molar refractivity (Wildman–Crippen MR) is 84.9 cm³/mol. The fourth-order valence-corrected chi connectivity index (χ4v) is 3.59. The van der Waals surface area contributed by atoms with Crippen LogP contribution in [0.4, 0.5) is 0 Å². The van der Waals surface area contributed by atoms with E-state index in [0.29, 0.717) is 11.8 Å². The highest BCUT2D eigenvalue weighted by Crippen LogP contribution is 2.28. The highest BCUT2D eigenvalue weighted by atomic mass is 16.2.